The Kier molecular flexibility index (Phi) is 5.18. The fourth-order valence-electron chi connectivity index (χ4n) is 4.43. The van der Waals surface area contributed by atoms with Crippen molar-refractivity contribution in [1.82, 2.24) is 9.88 Å². The van der Waals surface area contributed by atoms with E-state index >= 15 is 0 Å². The first-order chi connectivity index (χ1) is 14.0. The third kappa shape index (κ3) is 3.63. The van der Waals surface area contributed by atoms with E-state index in [0.29, 0.717) is 21.9 Å². The molecule has 6 nitrogen and oxygen atoms in total. The van der Waals surface area contributed by atoms with E-state index in [1.54, 1.807) is 13.3 Å². The normalized spacial score (nSPS) is 19.7. The molecule has 1 fully saturated rings. The Balaban J connectivity index is 1.86. The van der Waals surface area contributed by atoms with Crippen LogP contribution in [0.1, 0.15) is 61.3 Å². The van der Waals surface area contributed by atoms with Gasteiger partial charge < -0.3 is 14.8 Å². The van der Waals surface area contributed by atoms with Crippen molar-refractivity contribution in [2.75, 3.05) is 18.6 Å². The number of nitrogens with zero attached hydrogens (tertiary/aromatic N) is 2. The van der Waals surface area contributed by atoms with Gasteiger partial charge >= 0.3 is 0 Å². The number of aromatic nitrogens is 1. The van der Waals surface area contributed by atoms with Gasteiger partial charge in [0.2, 0.25) is 5.91 Å². The van der Waals surface area contributed by atoms with Crippen LogP contribution in [0.5, 0.6) is 0 Å². The first-order valence-electron chi connectivity index (χ1n) is 10.3. The summed E-state index contributed by atoms with van der Waals surface area (Å²) in [7, 11) is -2.70. The lowest BCUT2D eigenvalue weighted by Gasteiger charge is -2.29. The minimum Gasteiger partial charge on any atom is -0.329 e. The van der Waals surface area contributed by atoms with Crippen LogP contribution in [0.2, 0.25) is 0 Å². The van der Waals surface area contributed by atoms with Crippen molar-refractivity contribution in [2.45, 2.75) is 52.6 Å². The maximum Gasteiger partial charge on any atom is 0.255 e. The summed E-state index contributed by atoms with van der Waals surface area (Å²) in [6.07, 6.45) is 2.33. The Morgan fingerprint density at radius 1 is 1.33 bits per heavy atom. The molecule has 1 aromatic carbocycles. The number of rotatable bonds is 5. The highest BCUT2D eigenvalue weighted by Gasteiger charge is 2.44. The van der Waals surface area contributed by atoms with E-state index in [1.807, 2.05) is 17.9 Å². The van der Waals surface area contributed by atoms with Crippen LogP contribution in [0, 0.1) is 12.8 Å². The van der Waals surface area contributed by atoms with Gasteiger partial charge in [0.15, 0.2) is 5.13 Å². The predicted octanol–water partition coefficient (Wildman–Crippen LogP) is 4.64. The lowest BCUT2D eigenvalue weighted by molar-refractivity contribution is -0.114. The molecule has 1 aliphatic heterocycles. The molecular weight excluding hydrogens is 417 g/mol. The Morgan fingerprint density at radius 3 is 2.57 bits per heavy atom. The van der Waals surface area contributed by atoms with Crippen LogP contribution in [-0.4, -0.2) is 41.1 Å². The van der Waals surface area contributed by atoms with Crippen LogP contribution in [0.3, 0.4) is 0 Å². The van der Waals surface area contributed by atoms with E-state index < -0.39 is 7.14 Å². The summed E-state index contributed by atoms with van der Waals surface area (Å²) >= 11 is 1.40. The third-order valence-corrected chi connectivity index (χ3v) is 8.76. The fourth-order valence-corrected chi connectivity index (χ4v) is 6.65. The average molecular weight is 446 g/mol. The van der Waals surface area contributed by atoms with Gasteiger partial charge in [-0.3, -0.25) is 9.59 Å². The molecule has 1 aliphatic carbocycles. The van der Waals surface area contributed by atoms with E-state index in [2.05, 4.69) is 30.2 Å². The topological polar surface area (TPSA) is 79.4 Å². The van der Waals surface area contributed by atoms with Gasteiger partial charge in [-0.05, 0) is 76.1 Å². The van der Waals surface area contributed by atoms with Crippen molar-refractivity contribution >= 4 is 40.7 Å². The molecular formula is C22H28N3O3PS. The first-order valence-corrected chi connectivity index (χ1v) is 13.7. The number of carbonyl (C=O) groups excluding carboxylic acids is 2. The molecule has 1 saturated carbocycles. The number of aryl methyl sites for hydroxylation is 1. The van der Waals surface area contributed by atoms with Gasteiger partial charge in [0.25, 0.3) is 5.91 Å². The average Bonchev–Trinajstić information content (AvgIpc) is 3.38. The van der Waals surface area contributed by atoms with E-state index in [4.69, 9.17) is 0 Å². The molecule has 2 atom stereocenters. The SMILES string of the molecule is CC(=O)Nc1nc(C)c(-c2cc3c(c(P(C)(C)=O)c2)C(=O)N([C@@H](C)C2CC2)C3C)s1. The zero-order valence-corrected chi connectivity index (χ0v) is 20.0. The maximum absolute atomic E-state index is 13.4. The van der Waals surface area contributed by atoms with Gasteiger partial charge in [0.05, 0.1) is 22.2 Å². The maximum atomic E-state index is 13.4. The molecule has 160 valence electrons. The molecule has 0 saturated heterocycles. The molecule has 0 bridgehead atoms. The molecule has 2 aromatic rings. The zero-order chi connectivity index (χ0) is 22.0. The quantitative estimate of drug-likeness (QED) is 0.680. The van der Waals surface area contributed by atoms with Gasteiger partial charge in [-0.15, -0.1) is 0 Å². The standard InChI is InChI=1S/C22H28N3O3PS/c1-11-20(30-22(23-11)24-14(4)26)16-9-17-13(3)25(12(2)15-7-8-15)21(27)19(17)18(10-16)29(5,6)28/h9-10,12-13,15H,7-8H2,1-6H3,(H,23,24,26)/t12-,13?/m0/s1. The minimum absolute atomic E-state index is 0.00216. The molecule has 1 N–H and O–H groups in total. The second-order valence-electron chi connectivity index (χ2n) is 8.89. The van der Waals surface area contributed by atoms with Crippen LogP contribution < -0.4 is 10.6 Å². The fraction of sp³-hybridized carbons (Fsp3) is 0.500. The molecule has 0 radical (unpaired) electrons. The smallest absolute Gasteiger partial charge is 0.255 e. The second-order valence-corrected chi connectivity index (χ2v) is 13.1. The molecule has 1 unspecified atom stereocenters. The molecule has 1 aromatic heterocycles. The van der Waals surface area contributed by atoms with Crippen molar-refractivity contribution in [3.8, 4) is 10.4 Å². The number of hydrogen-bond acceptors (Lipinski definition) is 5. The number of amides is 2. The van der Waals surface area contributed by atoms with Crippen LogP contribution in [-0.2, 0) is 9.36 Å². The Hall–Kier alpha value is -1.98. The van der Waals surface area contributed by atoms with Crippen molar-refractivity contribution in [3.63, 3.8) is 0 Å². The lowest BCUT2D eigenvalue weighted by Crippen LogP contribution is -2.37. The van der Waals surface area contributed by atoms with Gasteiger partial charge in [-0.2, -0.15) is 0 Å². The summed E-state index contributed by atoms with van der Waals surface area (Å²) in [5.74, 6) is 0.399. The Morgan fingerprint density at radius 2 is 2.00 bits per heavy atom. The largest absolute Gasteiger partial charge is 0.329 e. The molecule has 2 amide bonds. The van der Waals surface area contributed by atoms with Crippen LogP contribution in [0.15, 0.2) is 12.1 Å². The van der Waals surface area contributed by atoms with Crippen molar-refractivity contribution in [2.24, 2.45) is 5.92 Å². The monoisotopic (exact) mass is 445 g/mol. The molecule has 4 rings (SSSR count). The number of benzene rings is 1. The summed E-state index contributed by atoms with van der Waals surface area (Å²) < 4.78 is 13.2. The molecule has 30 heavy (non-hydrogen) atoms. The summed E-state index contributed by atoms with van der Waals surface area (Å²) in [4.78, 5) is 32.2. The molecule has 8 heteroatoms. The van der Waals surface area contributed by atoms with E-state index in [-0.39, 0.29) is 23.9 Å². The number of nitrogens with one attached hydrogen (secondary N) is 1. The van der Waals surface area contributed by atoms with Crippen molar-refractivity contribution in [3.05, 3.63) is 29.0 Å². The molecule has 2 aliphatic rings. The van der Waals surface area contributed by atoms with Crippen molar-refractivity contribution in [1.29, 1.82) is 0 Å². The Labute approximate surface area is 181 Å². The zero-order valence-electron chi connectivity index (χ0n) is 18.3. The van der Waals surface area contributed by atoms with Crippen LogP contribution in [0.4, 0.5) is 5.13 Å². The summed E-state index contributed by atoms with van der Waals surface area (Å²) in [6.45, 7) is 11.0. The second kappa shape index (κ2) is 7.31. The number of hydrogen-bond donors (Lipinski definition) is 1. The first kappa shape index (κ1) is 21.3. The highest BCUT2D eigenvalue weighted by molar-refractivity contribution is 7.70. The Bertz CT molecular complexity index is 1100. The number of fused-ring (bicyclic) bond motifs is 1. The summed E-state index contributed by atoms with van der Waals surface area (Å²) in [5, 5.41) is 3.93. The van der Waals surface area contributed by atoms with Crippen LogP contribution >= 0.6 is 18.5 Å². The third-order valence-electron chi connectivity index (χ3n) is 6.13. The highest BCUT2D eigenvalue weighted by Crippen LogP contribution is 2.47. The van der Waals surface area contributed by atoms with Gasteiger partial charge in [-0.1, -0.05) is 11.3 Å². The van der Waals surface area contributed by atoms with Gasteiger partial charge in [-0.25, -0.2) is 4.98 Å². The highest BCUT2D eigenvalue weighted by atomic mass is 32.1. The lowest BCUT2D eigenvalue weighted by atomic mass is 10.0. The van der Waals surface area contributed by atoms with E-state index in [9.17, 15) is 14.2 Å². The summed E-state index contributed by atoms with van der Waals surface area (Å²) in [5.41, 5.74) is 3.27. The van der Waals surface area contributed by atoms with E-state index in [0.717, 1.165) is 34.5 Å². The minimum atomic E-state index is -2.70. The van der Waals surface area contributed by atoms with Crippen molar-refractivity contribution < 1.29 is 14.2 Å². The van der Waals surface area contributed by atoms with Crippen LogP contribution in [0.25, 0.3) is 10.4 Å². The number of thiazole rings is 1. The van der Waals surface area contributed by atoms with E-state index in [1.165, 1.54) is 18.3 Å². The number of anilines is 1. The van der Waals surface area contributed by atoms with Gasteiger partial charge in [0.1, 0.15) is 7.14 Å². The molecule has 0 spiro atoms. The number of carbonyl (C=O) groups is 2. The predicted molar refractivity (Wildman–Crippen MR) is 122 cm³/mol. The van der Waals surface area contributed by atoms with Gasteiger partial charge in [0, 0.05) is 18.3 Å². The molecule has 2 heterocycles. The summed E-state index contributed by atoms with van der Waals surface area (Å²) in [6, 6.07) is 4.07.